The molecule has 0 aromatic heterocycles. The molecule has 0 saturated carbocycles. The number of aromatic carboxylic acids is 1. The Labute approximate surface area is 151 Å². The van der Waals surface area contributed by atoms with Crippen molar-refractivity contribution in [2.75, 3.05) is 13.2 Å². The third kappa shape index (κ3) is 3.81. The second kappa shape index (κ2) is 6.97. The molecule has 0 unspecified atom stereocenters. The van der Waals surface area contributed by atoms with Crippen molar-refractivity contribution in [3.63, 3.8) is 0 Å². The number of sulfonamides is 1. The van der Waals surface area contributed by atoms with Crippen LogP contribution in [0, 0.1) is 0 Å². The minimum Gasteiger partial charge on any atom is -0.486 e. The molecule has 0 atom stereocenters. The summed E-state index contributed by atoms with van der Waals surface area (Å²) in [5.74, 6) is -0.0618. The molecule has 26 heavy (non-hydrogen) atoms. The minimum absolute atomic E-state index is 0.101. The predicted molar refractivity (Wildman–Crippen MR) is 95.3 cm³/mol. The van der Waals surface area contributed by atoms with Crippen LogP contribution in [0.15, 0.2) is 41.3 Å². The van der Waals surface area contributed by atoms with E-state index in [1.165, 1.54) is 12.1 Å². The summed E-state index contributed by atoms with van der Waals surface area (Å²) in [5, 5.41) is 9.36. The molecule has 0 amide bonds. The SMILES string of the molecule is CC(C)NS(=O)(=O)c1cc(C(=O)O)cc(-c2ccc3c(c2)OCCO3)c1. The normalized spacial score (nSPS) is 13.7. The van der Waals surface area contributed by atoms with Crippen molar-refractivity contribution < 1.29 is 27.8 Å². The van der Waals surface area contributed by atoms with E-state index >= 15 is 0 Å². The molecule has 1 heterocycles. The first kappa shape index (κ1) is 18.2. The third-order valence-corrected chi connectivity index (χ3v) is 5.37. The molecule has 7 nitrogen and oxygen atoms in total. The summed E-state index contributed by atoms with van der Waals surface area (Å²) < 4.78 is 38.4. The molecule has 8 heteroatoms. The minimum atomic E-state index is -3.83. The number of hydrogen-bond acceptors (Lipinski definition) is 5. The first-order chi connectivity index (χ1) is 12.3. The maximum atomic E-state index is 12.5. The zero-order valence-electron chi connectivity index (χ0n) is 14.4. The summed E-state index contributed by atoms with van der Waals surface area (Å²) >= 11 is 0. The largest absolute Gasteiger partial charge is 0.486 e. The molecule has 2 aromatic carbocycles. The second-order valence-electron chi connectivity index (χ2n) is 6.19. The van der Waals surface area contributed by atoms with Gasteiger partial charge in [-0.05, 0) is 55.3 Å². The molecule has 2 N–H and O–H groups in total. The standard InChI is InChI=1S/C18H19NO6S/c1-11(2)19-26(22,23)15-8-13(7-14(9-15)18(20)21)12-3-4-16-17(10-12)25-6-5-24-16/h3-4,7-11,19H,5-6H2,1-2H3,(H,20,21). The van der Waals surface area contributed by atoms with Crippen molar-refractivity contribution in [2.24, 2.45) is 0 Å². The molecule has 0 saturated heterocycles. The van der Waals surface area contributed by atoms with Gasteiger partial charge in [-0.2, -0.15) is 0 Å². The van der Waals surface area contributed by atoms with E-state index in [-0.39, 0.29) is 16.5 Å². The monoisotopic (exact) mass is 377 g/mol. The van der Waals surface area contributed by atoms with Gasteiger partial charge in [0.2, 0.25) is 10.0 Å². The van der Waals surface area contributed by atoms with Crippen LogP contribution in [0.25, 0.3) is 11.1 Å². The smallest absolute Gasteiger partial charge is 0.335 e. The van der Waals surface area contributed by atoms with Gasteiger partial charge in [0.1, 0.15) is 13.2 Å². The average molecular weight is 377 g/mol. The highest BCUT2D eigenvalue weighted by molar-refractivity contribution is 7.89. The summed E-state index contributed by atoms with van der Waals surface area (Å²) in [6.07, 6.45) is 0. The number of carboxylic acids is 1. The van der Waals surface area contributed by atoms with E-state index in [0.29, 0.717) is 35.8 Å². The van der Waals surface area contributed by atoms with Crippen molar-refractivity contribution >= 4 is 16.0 Å². The number of carboxylic acid groups (broad SMARTS) is 1. The molecular formula is C18H19NO6S. The Morgan fingerprint density at radius 1 is 1.04 bits per heavy atom. The molecule has 0 aliphatic carbocycles. The highest BCUT2D eigenvalue weighted by atomic mass is 32.2. The lowest BCUT2D eigenvalue weighted by molar-refractivity contribution is 0.0696. The van der Waals surface area contributed by atoms with E-state index < -0.39 is 16.0 Å². The van der Waals surface area contributed by atoms with Gasteiger partial charge in [0.15, 0.2) is 11.5 Å². The Bertz CT molecular complexity index is 952. The van der Waals surface area contributed by atoms with E-state index in [1.54, 1.807) is 32.0 Å². The van der Waals surface area contributed by atoms with E-state index in [0.717, 1.165) is 6.07 Å². The maximum absolute atomic E-state index is 12.5. The molecule has 0 spiro atoms. The first-order valence-corrected chi connectivity index (χ1v) is 9.55. The van der Waals surface area contributed by atoms with Crippen LogP contribution < -0.4 is 14.2 Å². The summed E-state index contributed by atoms with van der Waals surface area (Å²) in [7, 11) is -3.83. The molecule has 3 rings (SSSR count). The fraction of sp³-hybridized carbons (Fsp3) is 0.278. The first-order valence-electron chi connectivity index (χ1n) is 8.07. The molecular weight excluding hydrogens is 358 g/mol. The zero-order chi connectivity index (χ0) is 18.9. The Kier molecular flexibility index (Phi) is 4.88. The van der Waals surface area contributed by atoms with E-state index in [2.05, 4.69) is 4.72 Å². The van der Waals surface area contributed by atoms with Crippen LogP contribution in [-0.4, -0.2) is 38.7 Å². The Morgan fingerprint density at radius 2 is 1.73 bits per heavy atom. The average Bonchev–Trinajstić information content (AvgIpc) is 2.59. The second-order valence-corrected chi connectivity index (χ2v) is 7.90. The van der Waals surface area contributed by atoms with Crippen LogP contribution >= 0.6 is 0 Å². The Morgan fingerprint density at radius 3 is 2.38 bits per heavy atom. The topological polar surface area (TPSA) is 102 Å². The van der Waals surface area contributed by atoms with Crippen molar-refractivity contribution in [3.8, 4) is 22.6 Å². The van der Waals surface area contributed by atoms with Gasteiger partial charge < -0.3 is 14.6 Å². The number of ether oxygens (including phenoxy) is 2. The van der Waals surface area contributed by atoms with Gasteiger partial charge in [0.05, 0.1) is 10.5 Å². The molecule has 1 aliphatic heterocycles. The molecule has 0 bridgehead atoms. The van der Waals surface area contributed by atoms with Gasteiger partial charge in [0, 0.05) is 6.04 Å². The zero-order valence-corrected chi connectivity index (χ0v) is 15.2. The third-order valence-electron chi connectivity index (χ3n) is 3.73. The van der Waals surface area contributed by atoms with Crippen molar-refractivity contribution in [1.29, 1.82) is 0 Å². The molecule has 1 aliphatic rings. The number of rotatable bonds is 5. The van der Waals surface area contributed by atoms with Crippen LogP contribution in [0.3, 0.4) is 0 Å². The maximum Gasteiger partial charge on any atom is 0.335 e. The number of hydrogen-bond donors (Lipinski definition) is 2. The quantitative estimate of drug-likeness (QED) is 0.830. The van der Waals surface area contributed by atoms with E-state index in [9.17, 15) is 18.3 Å². The highest BCUT2D eigenvalue weighted by Gasteiger charge is 2.20. The highest BCUT2D eigenvalue weighted by Crippen LogP contribution is 2.35. The summed E-state index contributed by atoms with van der Waals surface area (Å²) in [6.45, 7) is 4.27. The van der Waals surface area contributed by atoms with Gasteiger partial charge in [-0.25, -0.2) is 17.9 Å². The van der Waals surface area contributed by atoms with Gasteiger partial charge in [-0.3, -0.25) is 0 Å². The van der Waals surface area contributed by atoms with Crippen molar-refractivity contribution in [1.82, 2.24) is 4.72 Å². The lowest BCUT2D eigenvalue weighted by Gasteiger charge is -2.19. The number of nitrogens with one attached hydrogen (secondary N) is 1. The van der Waals surface area contributed by atoms with Gasteiger partial charge in [-0.15, -0.1) is 0 Å². The predicted octanol–water partition coefficient (Wildman–Crippen LogP) is 2.51. The number of benzene rings is 2. The van der Waals surface area contributed by atoms with Crippen molar-refractivity contribution in [3.05, 3.63) is 42.0 Å². The van der Waals surface area contributed by atoms with Gasteiger partial charge in [0.25, 0.3) is 0 Å². The molecule has 0 radical (unpaired) electrons. The van der Waals surface area contributed by atoms with Crippen LogP contribution in [0.4, 0.5) is 0 Å². The fourth-order valence-corrected chi connectivity index (χ4v) is 3.97. The fourth-order valence-electron chi connectivity index (χ4n) is 2.65. The van der Waals surface area contributed by atoms with Crippen molar-refractivity contribution in [2.45, 2.75) is 24.8 Å². The number of carbonyl (C=O) groups is 1. The Hall–Kier alpha value is -2.58. The van der Waals surface area contributed by atoms with E-state index in [1.807, 2.05) is 0 Å². The van der Waals surface area contributed by atoms with Gasteiger partial charge in [-0.1, -0.05) is 6.07 Å². The van der Waals surface area contributed by atoms with Crippen LogP contribution in [0.2, 0.25) is 0 Å². The van der Waals surface area contributed by atoms with Gasteiger partial charge >= 0.3 is 5.97 Å². The van der Waals surface area contributed by atoms with Crippen LogP contribution in [0.5, 0.6) is 11.5 Å². The molecule has 2 aromatic rings. The Balaban J connectivity index is 2.11. The lowest BCUT2D eigenvalue weighted by Crippen LogP contribution is -2.30. The summed E-state index contributed by atoms with van der Waals surface area (Å²) in [4.78, 5) is 11.4. The van der Waals surface area contributed by atoms with E-state index in [4.69, 9.17) is 9.47 Å². The lowest BCUT2D eigenvalue weighted by atomic mass is 10.0. The molecule has 138 valence electrons. The summed E-state index contributed by atoms with van der Waals surface area (Å²) in [5.41, 5.74) is 0.992. The summed E-state index contributed by atoms with van der Waals surface area (Å²) in [6, 6.07) is 8.88. The number of fused-ring (bicyclic) bond motifs is 1. The molecule has 0 fully saturated rings. The van der Waals surface area contributed by atoms with Crippen LogP contribution in [0.1, 0.15) is 24.2 Å². The van der Waals surface area contributed by atoms with Crippen LogP contribution in [-0.2, 0) is 10.0 Å².